The van der Waals surface area contributed by atoms with Gasteiger partial charge in [0.1, 0.15) is 15.8 Å². The topological polar surface area (TPSA) is 247 Å². The summed E-state index contributed by atoms with van der Waals surface area (Å²) in [4.78, 5) is 64.6. The van der Waals surface area contributed by atoms with Gasteiger partial charge in [-0.1, -0.05) is 11.8 Å². The van der Waals surface area contributed by atoms with Crippen molar-refractivity contribution in [1.29, 1.82) is 0 Å². The number of aliphatic hydroxyl groups excluding tert-OH is 1. The zero-order valence-corrected chi connectivity index (χ0v) is 32.8. The number of hydrogen-bond donors (Lipinski definition) is 8. The maximum atomic E-state index is 12.6. The van der Waals surface area contributed by atoms with Crippen LogP contribution in [0.3, 0.4) is 0 Å². The van der Waals surface area contributed by atoms with E-state index in [1.54, 1.807) is 6.07 Å². The van der Waals surface area contributed by atoms with E-state index in [2.05, 4.69) is 41.2 Å². The van der Waals surface area contributed by atoms with Crippen molar-refractivity contribution in [2.45, 2.75) is 43.7 Å². The number of nitrogens with zero attached hydrogens (tertiary/aromatic N) is 3. The van der Waals surface area contributed by atoms with E-state index in [-0.39, 0.29) is 58.7 Å². The fourth-order valence-corrected chi connectivity index (χ4v) is 9.44. The van der Waals surface area contributed by atoms with Crippen molar-refractivity contribution in [2.75, 3.05) is 29.5 Å². The van der Waals surface area contributed by atoms with Gasteiger partial charge >= 0.3 is 5.97 Å². The molecule has 2 amide bonds. The summed E-state index contributed by atoms with van der Waals surface area (Å²) in [7, 11) is 0. The van der Waals surface area contributed by atoms with E-state index < -0.39 is 12.0 Å². The molecular formula is C38H35N9O7S3. The van der Waals surface area contributed by atoms with Crippen LogP contribution in [-0.4, -0.2) is 84.9 Å². The normalized spacial score (nSPS) is 16.9. The van der Waals surface area contributed by atoms with Gasteiger partial charge in [-0.15, -0.1) is 22.7 Å². The third-order valence-corrected chi connectivity index (χ3v) is 12.6. The van der Waals surface area contributed by atoms with Crippen LogP contribution < -0.4 is 37.3 Å². The summed E-state index contributed by atoms with van der Waals surface area (Å²) in [5.74, 6) is -0.803. The second-order valence-electron chi connectivity index (χ2n) is 13.5. The van der Waals surface area contributed by atoms with Gasteiger partial charge in [0.2, 0.25) is 17.3 Å². The first-order valence-corrected chi connectivity index (χ1v) is 20.4. The Bertz CT molecular complexity index is 2800. The number of thioether (sulfide) groups is 1. The standard InChI is InChI=1S/C23H22N6O5S2.C15H13N3O2S/c1-10-6-25-18-17-12-2-5-16(28-14(12)3-4-15(17)36-19(18)20(31)27-10)34-21-11(8-30)7-26-23(29-21)35-9-13(24)22(32)33;1-7-6-16-13-12-8-2-5-11(19)18-9(8)3-4-10(12)21-14(13)15(20)17-7/h2-5,7,10,13,25,30H,6,8-9,24H2,1H3,(H,27,31)(H,32,33);2-5,7,16H,6H2,1H3,(H,17,20)(H,18,19)/t10-,13+;7-/m11/s1. The van der Waals surface area contributed by atoms with Gasteiger partial charge < -0.3 is 46.9 Å². The van der Waals surface area contributed by atoms with Gasteiger partial charge in [-0.25, -0.2) is 9.97 Å². The third-order valence-electron chi connectivity index (χ3n) is 9.27. The molecule has 0 spiro atoms. The average Bonchev–Trinajstić information content (AvgIpc) is 3.69. The van der Waals surface area contributed by atoms with Gasteiger partial charge in [-0.3, -0.25) is 19.2 Å². The van der Waals surface area contributed by atoms with E-state index in [1.165, 1.54) is 34.9 Å². The number of carbonyl (C=O) groups is 3. The summed E-state index contributed by atoms with van der Waals surface area (Å²) >= 11 is 3.98. The first-order valence-electron chi connectivity index (χ1n) is 17.8. The van der Waals surface area contributed by atoms with Crippen LogP contribution in [0.5, 0.6) is 11.8 Å². The van der Waals surface area contributed by atoms with Gasteiger partial charge in [0.15, 0.2) is 5.16 Å². The number of rotatable bonds is 7. The number of amides is 2. The van der Waals surface area contributed by atoms with E-state index in [9.17, 15) is 24.3 Å². The fourth-order valence-electron chi connectivity index (χ4n) is 6.50. The highest BCUT2D eigenvalue weighted by Gasteiger charge is 2.26. The minimum absolute atomic E-state index is 0.0109. The number of carbonyl (C=O) groups excluding carboxylic acids is 2. The molecule has 9 rings (SSSR count). The Labute approximate surface area is 335 Å². The Hall–Kier alpha value is -5.86. The van der Waals surface area contributed by atoms with Crippen LogP contribution in [0.2, 0.25) is 0 Å². The Kier molecular flexibility index (Phi) is 10.4. The molecule has 0 bridgehead atoms. The highest BCUT2D eigenvalue weighted by molar-refractivity contribution is 7.99. The molecule has 0 radical (unpaired) electrons. The lowest BCUT2D eigenvalue weighted by molar-refractivity contribution is -0.137. The zero-order valence-electron chi connectivity index (χ0n) is 30.3. The number of thiophene rings is 2. The van der Waals surface area contributed by atoms with Gasteiger partial charge in [0, 0.05) is 85.7 Å². The molecule has 19 heteroatoms. The highest BCUT2D eigenvalue weighted by Crippen LogP contribution is 2.42. The predicted molar refractivity (Wildman–Crippen MR) is 222 cm³/mol. The number of fused-ring (bicyclic) bond motifs is 10. The van der Waals surface area contributed by atoms with Gasteiger partial charge in [-0.2, -0.15) is 4.98 Å². The van der Waals surface area contributed by atoms with E-state index in [0.29, 0.717) is 33.9 Å². The number of aromatic amines is 1. The minimum atomic E-state index is -1.12. The maximum Gasteiger partial charge on any atom is 0.321 e. The molecule has 0 unspecified atom stereocenters. The molecule has 16 nitrogen and oxygen atoms in total. The van der Waals surface area contributed by atoms with Crippen LogP contribution >= 0.6 is 34.4 Å². The molecule has 5 aromatic heterocycles. The molecule has 2 aromatic carbocycles. The van der Waals surface area contributed by atoms with Gasteiger partial charge in [-0.05, 0) is 50.2 Å². The van der Waals surface area contributed by atoms with Crippen molar-refractivity contribution in [2.24, 2.45) is 5.73 Å². The Morgan fingerprint density at radius 3 is 2.18 bits per heavy atom. The monoisotopic (exact) mass is 825 g/mol. The number of H-pyrrole nitrogens is 1. The summed E-state index contributed by atoms with van der Waals surface area (Å²) in [5, 5.41) is 35.4. The molecule has 7 aromatic rings. The van der Waals surface area contributed by atoms with E-state index in [0.717, 1.165) is 59.6 Å². The quantitative estimate of drug-likeness (QED) is 0.0791. The summed E-state index contributed by atoms with van der Waals surface area (Å²) in [6.45, 7) is 4.87. The van der Waals surface area contributed by atoms with Crippen LogP contribution in [0.4, 0.5) is 11.4 Å². The number of nitrogens with two attached hydrogens (primary N) is 1. The number of aliphatic carboxylic acids is 1. The number of aromatic nitrogens is 4. The van der Waals surface area contributed by atoms with Crippen molar-refractivity contribution >= 4 is 106 Å². The average molecular weight is 826 g/mol. The van der Waals surface area contributed by atoms with Crippen LogP contribution in [0.25, 0.3) is 42.0 Å². The largest absolute Gasteiger partial charge is 0.480 e. The minimum Gasteiger partial charge on any atom is -0.480 e. The van der Waals surface area contributed by atoms with E-state index in [1.807, 2.05) is 50.2 Å². The number of pyridine rings is 2. The highest BCUT2D eigenvalue weighted by atomic mass is 32.2. The van der Waals surface area contributed by atoms with Crippen molar-refractivity contribution in [3.63, 3.8) is 0 Å². The second kappa shape index (κ2) is 15.6. The van der Waals surface area contributed by atoms with Crippen molar-refractivity contribution in [3.05, 3.63) is 80.4 Å². The van der Waals surface area contributed by atoms with Crippen LogP contribution in [0.1, 0.15) is 38.8 Å². The van der Waals surface area contributed by atoms with E-state index >= 15 is 0 Å². The number of benzene rings is 2. The lowest BCUT2D eigenvalue weighted by Crippen LogP contribution is -2.34. The van der Waals surface area contributed by atoms with Crippen molar-refractivity contribution in [1.82, 2.24) is 30.6 Å². The Morgan fingerprint density at radius 1 is 0.895 bits per heavy atom. The SMILES string of the molecule is C[C@@H]1CNc2c(sc3ccc4[nH]c(=O)ccc4c23)C(=O)N1.C[C@@H]1CNc2c(sc3ccc4nc(Oc5nc(SC[C@H](N)C(=O)O)ncc5CO)ccc4c23)C(=O)N1. The molecule has 57 heavy (non-hydrogen) atoms. The number of carboxylic acids is 1. The van der Waals surface area contributed by atoms with Crippen LogP contribution in [0.15, 0.2) is 64.7 Å². The zero-order chi connectivity index (χ0) is 40.0. The third kappa shape index (κ3) is 7.54. The molecule has 3 atom stereocenters. The second-order valence-corrected chi connectivity index (χ2v) is 16.6. The summed E-state index contributed by atoms with van der Waals surface area (Å²) in [6.07, 6.45) is 1.42. The predicted octanol–water partition coefficient (Wildman–Crippen LogP) is 4.86. The Balaban J connectivity index is 0.000000183. The van der Waals surface area contributed by atoms with Crippen molar-refractivity contribution < 1.29 is 29.3 Å². The molecule has 0 saturated carbocycles. The number of nitrogens with one attached hydrogen (secondary N) is 5. The Morgan fingerprint density at radius 2 is 1.53 bits per heavy atom. The molecule has 9 N–H and O–H groups in total. The lowest BCUT2D eigenvalue weighted by Gasteiger charge is -2.11. The first-order chi connectivity index (χ1) is 27.5. The van der Waals surface area contributed by atoms with Gasteiger partial charge in [0.25, 0.3) is 11.8 Å². The first kappa shape index (κ1) is 38.0. The van der Waals surface area contributed by atoms with Gasteiger partial charge in [0.05, 0.1) is 29.1 Å². The maximum absolute atomic E-state index is 12.6. The van der Waals surface area contributed by atoms with E-state index in [4.69, 9.17) is 15.6 Å². The number of carboxylic acid groups (broad SMARTS) is 1. The molecule has 7 heterocycles. The smallest absolute Gasteiger partial charge is 0.321 e. The summed E-state index contributed by atoms with van der Waals surface area (Å²) < 4.78 is 7.91. The molecular weight excluding hydrogens is 791 g/mol. The molecule has 0 fully saturated rings. The molecule has 0 aliphatic carbocycles. The molecule has 292 valence electrons. The van der Waals surface area contributed by atoms with Crippen LogP contribution in [0, 0.1) is 0 Å². The molecule has 0 saturated heterocycles. The lowest BCUT2D eigenvalue weighted by atomic mass is 10.1. The fraction of sp³-hybridized carbons (Fsp3) is 0.237. The van der Waals surface area contributed by atoms with Crippen molar-refractivity contribution in [3.8, 4) is 11.8 Å². The summed E-state index contributed by atoms with van der Waals surface area (Å²) in [5.41, 5.74) is 8.91. The molecule has 2 aliphatic heterocycles. The number of anilines is 2. The van der Waals surface area contributed by atoms with Crippen LogP contribution in [-0.2, 0) is 11.4 Å². The number of hydrogen-bond acceptors (Lipinski definition) is 15. The molecule has 2 aliphatic rings. The summed E-state index contributed by atoms with van der Waals surface area (Å²) in [6, 6.07) is 13.6. The number of aliphatic hydroxyl groups is 1. The number of ether oxygens (including phenoxy) is 1.